The van der Waals surface area contributed by atoms with Crippen LogP contribution in [0, 0.1) is 12.8 Å². The molecule has 1 heterocycles. The lowest BCUT2D eigenvalue weighted by molar-refractivity contribution is -0.138. The second-order valence-electron chi connectivity index (χ2n) is 8.79. The number of fused-ring (bicyclic) bond motifs is 3. The summed E-state index contributed by atoms with van der Waals surface area (Å²) in [5, 5.41) is 4.58. The van der Waals surface area contributed by atoms with Gasteiger partial charge in [0.25, 0.3) is 0 Å². The van der Waals surface area contributed by atoms with Gasteiger partial charge >= 0.3 is 17.7 Å². The SMILES string of the molecule is Cc1c(OC(=O)[C@@H](NC(=O)OC(C)(C)C)C(C)C)ccc2c1oc(=O)c1ccccc12. The van der Waals surface area contributed by atoms with Gasteiger partial charge in [-0.05, 0) is 57.2 Å². The van der Waals surface area contributed by atoms with Crippen molar-refractivity contribution in [2.24, 2.45) is 5.92 Å². The van der Waals surface area contributed by atoms with Crippen LogP contribution < -0.4 is 15.7 Å². The lowest BCUT2D eigenvalue weighted by atomic mass is 10.0. The maximum atomic E-state index is 12.8. The molecule has 0 spiro atoms. The Morgan fingerprint density at radius 2 is 1.65 bits per heavy atom. The summed E-state index contributed by atoms with van der Waals surface area (Å²) in [4.78, 5) is 37.4. The summed E-state index contributed by atoms with van der Waals surface area (Å²) >= 11 is 0. The highest BCUT2D eigenvalue weighted by atomic mass is 16.6. The summed E-state index contributed by atoms with van der Waals surface area (Å²) in [6.07, 6.45) is -0.698. The molecule has 0 aliphatic carbocycles. The molecule has 0 fully saturated rings. The molecule has 0 radical (unpaired) electrons. The predicted molar refractivity (Wildman–Crippen MR) is 118 cm³/mol. The van der Waals surface area contributed by atoms with E-state index in [0.29, 0.717) is 16.5 Å². The summed E-state index contributed by atoms with van der Waals surface area (Å²) in [6, 6.07) is 9.68. The van der Waals surface area contributed by atoms with Gasteiger partial charge in [0, 0.05) is 10.9 Å². The number of esters is 1. The zero-order chi connectivity index (χ0) is 22.9. The first-order valence-corrected chi connectivity index (χ1v) is 10.1. The third kappa shape index (κ3) is 4.87. The third-order valence-corrected chi connectivity index (χ3v) is 4.79. The Morgan fingerprint density at radius 1 is 1.00 bits per heavy atom. The molecule has 0 aliphatic heterocycles. The Labute approximate surface area is 180 Å². The van der Waals surface area contributed by atoms with Crippen molar-refractivity contribution in [3.05, 3.63) is 52.4 Å². The highest BCUT2D eigenvalue weighted by Gasteiger charge is 2.29. The molecule has 3 rings (SSSR count). The van der Waals surface area contributed by atoms with Gasteiger partial charge in [-0.3, -0.25) is 0 Å². The van der Waals surface area contributed by atoms with Crippen LogP contribution in [0.15, 0.2) is 45.6 Å². The molecule has 31 heavy (non-hydrogen) atoms. The average molecular weight is 425 g/mol. The van der Waals surface area contributed by atoms with Crippen molar-refractivity contribution in [2.45, 2.75) is 53.2 Å². The number of benzene rings is 2. The zero-order valence-electron chi connectivity index (χ0n) is 18.6. The van der Waals surface area contributed by atoms with E-state index in [2.05, 4.69) is 5.32 Å². The first-order valence-electron chi connectivity index (χ1n) is 10.1. The van der Waals surface area contributed by atoms with Gasteiger partial charge in [0.15, 0.2) is 0 Å². The van der Waals surface area contributed by atoms with Crippen LogP contribution in [0.25, 0.3) is 21.7 Å². The van der Waals surface area contributed by atoms with Crippen LogP contribution in [0.2, 0.25) is 0 Å². The topological polar surface area (TPSA) is 94.8 Å². The number of hydrogen-bond donors (Lipinski definition) is 1. The number of ether oxygens (including phenoxy) is 2. The van der Waals surface area contributed by atoms with Crippen molar-refractivity contribution in [3.63, 3.8) is 0 Å². The summed E-state index contributed by atoms with van der Waals surface area (Å²) in [5.41, 5.74) is -0.268. The Balaban J connectivity index is 1.92. The van der Waals surface area contributed by atoms with Crippen LogP contribution >= 0.6 is 0 Å². The Hall–Kier alpha value is -3.35. The highest BCUT2D eigenvalue weighted by molar-refractivity contribution is 6.05. The van der Waals surface area contributed by atoms with E-state index in [1.165, 1.54) is 0 Å². The van der Waals surface area contributed by atoms with Gasteiger partial charge in [-0.1, -0.05) is 32.0 Å². The predicted octanol–water partition coefficient (Wildman–Crippen LogP) is 4.71. The second-order valence-corrected chi connectivity index (χ2v) is 8.79. The van der Waals surface area contributed by atoms with Crippen LogP contribution in [-0.2, 0) is 9.53 Å². The minimum absolute atomic E-state index is 0.234. The molecule has 0 unspecified atom stereocenters. The van der Waals surface area contributed by atoms with Crippen LogP contribution in [0.3, 0.4) is 0 Å². The monoisotopic (exact) mass is 425 g/mol. The number of amides is 1. The molecule has 1 atom stereocenters. The largest absolute Gasteiger partial charge is 0.444 e. The highest BCUT2D eigenvalue weighted by Crippen LogP contribution is 2.31. The number of hydrogen-bond acceptors (Lipinski definition) is 6. The normalized spacial score (nSPS) is 12.7. The molecule has 1 aromatic heterocycles. The van der Waals surface area contributed by atoms with E-state index in [1.54, 1.807) is 65.8 Å². The van der Waals surface area contributed by atoms with E-state index in [-0.39, 0.29) is 11.7 Å². The van der Waals surface area contributed by atoms with Crippen molar-refractivity contribution in [1.29, 1.82) is 0 Å². The molecule has 3 aromatic rings. The van der Waals surface area contributed by atoms with Crippen LogP contribution in [-0.4, -0.2) is 23.7 Å². The van der Waals surface area contributed by atoms with Gasteiger partial charge in [0.1, 0.15) is 23.0 Å². The standard InChI is InChI=1S/C24H27NO6/c1-13(2)19(25-23(28)31-24(4,5)6)22(27)29-18-12-11-16-15-9-7-8-10-17(15)21(26)30-20(16)14(18)3/h7-13,19H,1-6H3,(H,25,28)/t19-/m0/s1. The maximum Gasteiger partial charge on any atom is 0.408 e. The lowest BCUT2D eigenvalue weighted by Crippen LogP contribution is -2.48. The number of aryl methyl sites for hydroxylation is 1. The summed E-state index contributed by atoms with van der Waals surface area (Å²) in [5.74, 6) is -0.610. The number of nitrogens with one attached hydrogen (secondary N) is 1. The fraction of sp³-hybridized carbons (Fsp3) is 0.375. The van der Waals surface area contributed by atoms with E-state index in [9.17, 15) is 14.4 Å². The first-order chi connectivity index (χ1) is 14.5. The van der Waals surface area contributed by atoms with Crippen LogP contribution in [0.1, 0.15) is 40.2 Å². The molecule has 0 saturated heterocycles. The van der Waals surface area contributed by atoms with E-state index in [0.717, 1.165) is 10.8 Å². The van der Waals surface area contributed by atoms with Gasteiger partial charge in [-0.25, -0.2) is 14.4 Å². The van der Waals surface area contributed by atoms with Gasteiger partial charge in [-0.2, -0.15) is 0 Å². The molecule has 164 valence electrons. The fourth-order valence-corrected chi connectivity index (χ4v) is 3.28. The Bertz CT molecular complexity index is 1200. The molecular formula is C24H27NO6. The summed E-state index contributed by atoms with van der Waals surface area (Å²) < 4.78 is 16.4. The van der Waals surface area contributed by atoms with E-state index in [1.807, 2.05) is 12.1 Å². The number of rotatable bonds is 4. The molecule has 0 aliphatic rings. The van der Waals surface area contributed by atoms with Crippen molar-refractivity contribution in [1.82, 2.24) is 5.32 Å². The molecule has 7 heteroatoms. The van der Waals surface area contributed by atoms with Gasteiger partial charge in [-0.15, -0.1) is 0 Å². The van der Waals surface area contributed by atoms with Gasteiger partial charge in [0.05, 0.1) is 5.39 Å². The number of carbonyl (C=O) groups excluding carboxylic acids is 2. The smallest absolute Gasteiger partial charge is 0.408 e. The zero-order valence-corrected chi connectivity index (χ0v) is 18.6. The van der Waals surface area contributed by atoms with Crippen molar-refractivity contribution in [3.8, 4) is 5.75 Å². The van der Waals surface area contributed by atoms with Crippen molar-refractivity contribution < 1.29 is 23.5 Å². The van der Waals surface area contributed by atoms with Gasteiger partial charge in [0.2, 0.25) is 0 Å². The third-order valence-electron chi connectivity index (χ3n) is 4.79. The van der Waals surface area contributed by atoms with Gasteiger partial charge < -0.3 is 19.2 Å². The Morgan fingerprint density at radius 3 is 2.26 bits per heavy atom. The summed E-state index contributed by atoms with van der Waals surface area (Å²) in [7, 11) is 0. The molecule has 1 amide bonds. The van der Waals surface area contributed by atoms with E-state index in [4.69, 9.17) is 13.9 Å². The molecule has 7 nitrogen and oxygen atoms in total. The molecule has 0 saturated carbocycles. The fourth-order valence-electron chi connectivity index (χ4n) is 3.28. The van der Waals surface area contributed by atoms with E-state index < -0.39 is 29.3 Å². The first kappa shape index (κ1) is 22.3. The molecule has 2 aromatic carbocycles. The maximum absolute atomic E-state index is 12.8. The van der Waals surface area contributed by atoms with Crippen LogP contribution in [0.4, 0.5) is 4.79 Å². The molecule has 0 bridgehead atoms. The molecular weight excluding hydrogens is 398 g/mol. The molecule has 1 N–H and O–H groups in total. The number of carbonyl (C=O) groups is 2. The van der Waals surface area contributed by atoms with Crippen LogP contribution in [0.5, 0.6) is 5.75 Å². The lowest BCUT2D eigenvalue weighted by Gasteiger charge is -2.24. The second kappa shape index (κ2) is 8.41. The quantitative estimate of drug-likeness (QED) is 0.282. The van der Waals surface area contributed by atoms with E-state index >= 15 is 0 Å². The average Bonchev–Trinajstić information content (AvgIpc) is 2.67. The van der Waals surface area contributed by atoms with Crippen molar-refractivity contribution in [2.75, 3.05) is 0 Å². The summed E-state index contributed by atoms with van der Waals surface area (Å²) in [6.45, 7) is 10.5. The number of alkyl carbamates (subject to hydrolysis) is 1. The minimum atomic E-state index is -0.909. The minimum Gasteiger partial charge on any atom is -0.444 e. The van der Waals surface area contributed by atoms with Crippen molar-refractivity contribution >= 4 is 33.8 Å². The Kier molecular flexibility index (Phi) is 6.06.